The third-order valence-corrected chi connectivity index (χ3v) is 2.23. The summed E-state index contributed by atoms with van der Waals surface area (Å²) in [6.45, 7) is 0.126. The molecule has 1 atom stereocenters. The van der Waals surface area contributed by atoms with Gasteiger partial charge in [-0.1, -0.05) is 12.1 Å². The van der Waals surface area contributed by atoms with Crippen LogP contribution in [-0.2, 0) is 20.7 Å². The highest BCUT2D eigenvalue weighted by Crippen LogP contribution is 2.11. The smallest absolute Gasteiger partial charge is 0.307 e. The summed E-state index contributed by atoms with van der Waals surface area (Å²) >= 11 is 0. The van der Waals surface area contributed by atoms with Crippen molar-refractivity contribution in [3.63, 3.8) is 0 Å². The second-order valence-electron chi connectivity index (χ2n) is 3.82. The van der Waals surface area contributed by atoms with E-state index in [9.17, 15) is 9.59 Å². The molecule has 0 heterocycles. The van der Waals surface area contributed by atoms with E-state index in [0.717, 1.165) is 0 Å². The Kier molecular flexibility index (Phi) is 5.29. The first-order valence-electron chi connectivity index (χ1n) is 5.39. The lowest BCUT2D eigenvalue weighted by Gasteiger charge is -2.11. The molecule has 4 N–H and O–H groups in total. The normalized spacial score (nSPS) is 11.9. The lowest BCUT2D eigenvalue weighted by atomic mass is 10.1. The summed E-state index contributed by atoms with van der Waals surface area (Å²) in [5, 5.41) is 11.3. The Balaban J connectivity index is 2.67. The molecular formula is C12H16N2O4. The zero-order chi connectivity index (χ0) is 13.5. The average Bonchev–Trinajstić information content (AvgIpc) is 2.28. The average molecular weight is 252 g/mol. The van der Waals surface area contributed by atoms with Gasteiger partial charge in [-0.3, -0.25) is 9.59 Å². The number of aliphatic carboxylic acids is 1. The Morgan fingerprint density at radius 3 is 2.83 bits per heavy atom. The lowest BCUT2D eigenvalue weighted by molar-refractivity contribution is -0.136. The third-order valence-electron chi connectivity index (χ3n) is 2.23. The highest BCUT2D eigenvalue weighted by atomic mass is 16.5. The Morgan fingerprint density at radius 2 is 2.22 bits per heavy atom. The molecule has 0 bridgehead atoms. The van der Waals surface area contributed by atoms with Crippen LogP contribution in [0, 0.1) is 0 Å². The van der Waals surface area contributed by atoms with Crippen LogP contribution in [0.25, 0.3) is 0 Å². The SMILES string of the molecule is COCC(N)C(=O)Nc1cccc(CC(=O)O)c1. The van der Waals surface area contributed by atoms with E-state index >= 15 is 0 Å². The van der Waals surface area contributed by atoms with Gasteiger partial charge >= 0.3 is 5.97 Å². The number of hydrogen-bond acceptors (Lipinski definition) is 4. The summed E-state index contributed by atoms with van der Waals surface area (Å²) in [6, 6.07) is 5.88. The molecule has 6 heteroatoms. The van der Waals surface area contributed by atoms with Crippen LogP contribution in [0.2, 0.25) is 0 Å². The van der Waals surface area contributed by atoms with Gasteiger partial charge in [0.2, 0.25) is 5.91 Å². The molecule has 98 valence electrons. The maximum atomic E-state index is 11.6. The van der Waals surface area contributed by atoms with E-state index in [1.807, 2.05) is 0 Å². The summed E-state index contributed by atoms with van der Waals surface area (Å²) in [6.07, 6.45) is -0.0894. The minimum Gasteiger partial charge on any atom is -0.481 e. The number of nitrogens with one attached hydrogen (secondary N) is 1. The van der Waals surface area contributed by atoms with Crippen LogP contribution in [-0.4, -0.2) is 36.7 Å². The Bertz CT molecular complexity index is 434. The highest BCUT2D eigenvalue weighted by molar-refractivity contribution is 5.94. The first kappa shape index (κ1) is 14.1. The van der Waals surface area contributed by atoms with E-state index in [0.29, 0.717) is 11.3 Å². The van der Waals surface area contributed by atoms with Gasteiger partial charge in [-0.05, 0) is 17.7 Å². The summed E-state index contributed by atoms with van der Waals surface area (Å²) in [7, 11) is 1.46. The first-order chi connectivity index (χ1) is 8.52. The number of carboxylic acids is 1. The van der Waals surface area contributed by atoms with Gasteiger partial charge in [0.25, 0.3) is 0 Å². The van der Waals surface area contributed by atoms with Crippen molar-refractivity contribution >= 4 is 17.6 Å². The van der Waals surface area contributed by atoms with Crippen LogP contribution in [0.5, 0.6) is 0 Å². The third kappa shape index (κ3) is 4.52. The maximum Gasteiger partial charge on any atom is 0.307 e. The van der Waals surface area contributed by atoms with Gasteiger partial charge in [0.05, 0.1) is 13.0 Å². The lowest BCUT2D eigenvalue weighted by Crippen LogP contribution is -2.39. The number of carboxylic acid groups (broad SMARTS) is 1. The molecule has 0 radical (unpaired) electrons. The number of amides is 1. The minimum absolute atomic E-state index is 0.0894. The quantitative estimate of drug-likeness (QED) is 0.672. The molecule has 0 aliphatic heterocycles. The van der Waals surface area contributed by atoms with Crippen molar-refractivity contribution in [3.05, 3.63) is 29.8 Å². The molecule has 0 saturated carbocycles. The van der Waals surface area contributed by atoms with E-state index < -0.39 is 12.0 Å². The van der Waals surface area contributed by atoms with E-state index in [1.54, 1.807) is 24.3 Å². The molecule has 0 saturated heterocycles. The predicted octanol–water partition coefficient (Wildman–Crippen LogP) is 0.226. The summed E-state index contributed by atoms with van der Waals surface area (Å²) in [5.74, 6) is -1.29. The largest absolute Gasteiger partial charge is 0.481 e. The number of rotatable bonds is 6. The summed E-state index contributed by atoms with van der Waals surface area (Å²) < 4.78 is 4.78. The molecule has 1 aromatic rings. The van der Waals surface area contributed by atoms with E-state index in [1.165, 1.54) is 7.11 Å². The van der Waals surface area contributed by atoms with Gasteiger partial charge in [-0.2, -0.15) is 0 Å². The van der Waals surface area contributed by atoms with Gasteiger partial charge in [0.15, 0.2) is 0 Å². The molecular weight excluding hydrogens is 236 g/mol. The van der Waals surface area contributed by atoms with Crippen LogP contribution in [0.1, 0.15) is 5.56 Å². The molecule has 18 heavy (non-hydrogen) atoms. The zero-order valence-corrected chi connectivity index (χ0v) is 10.1. The van der Waals surface area contributed by atoms with Crippen LogP contribution in [0.4, 0.5) is 5.69 Å². The summed E-state index contributed by atoms with van der Waals surface area (Å²) in [4.78, 5) is 22.2. The molecule has 0 aromatic heterocycles. The van der Waals surface area contributed by atoms with E-state index in [2.05, 4.69) is 5.32 Å². The Morgan fingerprint density at radius 1 is 1.50 bits per heavy atom. The molecule has 1 unspecified atom stereocenters. The van der Waals surface area contributed by atoms with E-state index in [4.69, 9.17) is 15.6 Å². The van der Waals surface area contributed by atoms with Gasteiger partial charge in [-0.15, -0.1) is 0 Å². The number of nitrogens with two attached hydrogens (primary N) is 1. The number of carbonyl (C=O) groups excluding carboxylic acids is 1. The molecule has 1 rings (SSSR count). The number of hydrogen-bond donors (Lipinski definition) is 3. The van der Waals surface area contributed by atoms with Crippen LogP contribution < -0.4 is 11.1 Å². The van der Waals surface area contributed by atoms with Crippen molar-refractivity contribution in [2.24, 2.45) is 5.73 Å². The van der Waals surface area contributed by atoms with Crippen LogP contribution in [0.3, 0.4) is 0 Å². The van der Waals surface area contributed by atoms with Crippen molar-refractivity contribution in [2.75, 3.05) is 19.0 Å². The molecule has 0 fully saturated rings. The number of anilines is 1. The molecule has 1 aromatic carbocycles. The van der Waals surface area contributed by atoms with Crippen molar-refractivity contribution in [3.8, 4) is 0 Å². The molecule has 0 aliphatic carbocycles. The fourth-order valence-electron chi connectivity index (χ4n) is 1.42. The predicted molar refractivity (Wildman–Crippen MR) is 66.3 cm³/mol. The van der Waals surface area contributed by atoms with Crippen LogP contribution in [0.15, 0.2) is 24.3 Å². The van der Waals surface area contributed by atoms with Gasteiger partial charge in [-0.25, -0.2) is 0 Å². The summed E-state index contributed by atoms with van der Waals surface area (Å²) in [5.41, 5.74) is 6.69. The topological polar surface area (TPSA) is 102 Å². The van der Waals surface area contributed by atoms with Crippen LogP contribution >= 0.6 is 0 Å². The van der Waals surface area contributed by atoms with Gasteiger partial charge in [0.1, 0.15) is 6.04 Å². The molecule has 1 amide bonds. The number of ether oxygens (including phenoxy) is 1. The second-order valence-corrected chi connectivity index (χ2v) is 3.82. The number of carbonyl (C=O) groups is 2. The highest BCUT2D eigenvalue weighted by Gasteiger charge is 2.13. The molecule has 6 nitrogen and oxygen atoms in total. The van der Waals surface area contributed by atoms with Gasteiger partial charge in [0, 0.05) is 12.8 Å². The van der Waals surface area contributed by atoms with Crippen molar-refractivity contribution in [1.29, 1.82) is 0 Å². The Labute approximate surface area is 105 Å². The first-order valence-corrected chi connectivity index (χ1v) is 5.39. The van der Waals surface area contributed by atoms with Crippen molar-refractivity contribution in [2.45, 2.75) is 12.5 Å². The maximum absolute atomic E-state index is 11.6. The second kappa shape index (κ2) is 6.73. The molecule has 0 aliphatic rings. The standard InChI is InChI=1S/C12H16N2O4/c1-18-7-10(13)12(17)14-9-4-2-3-8(5-9)6-11(15)16/h2-5,10H,6-7,13H2,1H3,(H,14,17)(H,15,16). The van der Waals surface area contributed by atoms with Crippen molar-refractivity contribution in [1.82, 2.24) is 0 Å². The van der Waals surface area contributed by atoms with Crippen molar-refractivity contribution < 1.29 is 19.4 Å². The fourth-order valence-corrected chi connectivity index (χ4v) is 1.42. The monoisotopic (exact) mass is 252 g/mol. The van der Waals surface area contributed by atoms with E-state index in [-0.39, 0.29) is 18.9 Å². The van der Waals surface area contributed by atoms with Gasteiger partial charge < -0.3 is 20.9 Å². The number of benzene rings is 1. The molecule has 0 spiro atoms. The Hall–Kier alpha value is -1.92. The fraction of sp³-hybridized carbons (Fsp3) is 0.333. The zero-order valence-electron chi connectivity index (χ0n) is 10.1. The minimum atomic E-state index is -0.922. The number of methoxy groups -OCH3 is 1.